The van der Waals surface area contributed by atoms with Gasteiger partial charge in [0.2, 0.25) is 11.8 Å². The van der Waals surface area contributed by atoms with Crippen LogP contribution in [0.15, 0.2) is 17.2 Å². The van der Waals surface area contributed by atoms with Crippen LogP contribution in [0.5, 0.6) is 11.8 Å². The second-order valence-corrected chi connectivity index (χ2v) is 10.5. The number of aromatic nitrogens is 3. The molecule has 0 bridgehead atoms. The zero-order valence-corrected chi connectivity index (χ0v) is 20.9. The number of likely N-dealkylation sites (N-methyl/N-ethyl adjacent to an activating group) is 1. The van der Waals surface area contributed by atoms with Crippen molar-refractivity contribution in [1.29, 1.82) is 0 Å². The Hall–Kier alpha value is -2.86. The maximum atomic E-state index is 13.0. The molecule has 11 nitrogen and oxygen atoms in total. The molecule has 2 amide bonds. The number of anilines is 1. The largest absolute Gasteiger partial charge is 0.481 e. The van der Waals surface area contributed by atoms with Crippen LogP contribution in [-0.4, -0.2) is 68.0 Å². The van der Waals surface area contributed by atoms with Gasteiger partial charge >= 0.3 is 6.03 Å². The van der Waals surface area contributed by atoms with Crippen molar-refractivity contribution in [2.75, 3.05) is 33.1 Å². The molecule has 12 heteroatoms. The Morgan fingerprint density at radius 3 is 2.55 bits per heavy atom. The van der Waals surface area contributed by atoms with Crippen molar-refractivity contribution in [2.24, 2.45) is 0 Å². The van der Waals surface area contributed by atoms with Crippen molar-refractivity contribution in [3.8, 4) is 11.8 Å². The van der Waals surface area contributed by atoms with Crippen molar-refractivity contribution >= 4 is 21.7 Å². The van der Waals surface area contributed by atoms with Crippen molar-refractivity contribution in [1.82, 2.24) is 24.4 Å². The third-order valence-electron chi connectivity index (χ3n) is 5.47. The first kappa shape index (κ1) is 24.8. The maximum absolute atomic E-state index is 13.0. The van der Waals surface area contributed by atoms with E-state index in [1.165, 1.54) is 18.0 Å². The molecule has 1 aliphatic rings. The summed E-state index contributed by atoms with van der Waals surface area (Å²) in [5, 5.41) is 6.82. The zero-order chi connectivity index (χ0) is 24.5. The number of hydrogen-bond donors (Lipinski definition) is 2. The normalized spacial score (nSPS) is 16.0. The number of ether oxygens (including phenoxy) is 2. The van der Waals surface area contributed by atoms with Gasteiger partial charge in [-0.05, 0) is 31.5 Å². The van der Waals surface area contributed by atoms with Crippen LogP contribution in [0.1, 0.15) is 50.8 Å². The van der Waals surface area contributed by atoms with E-state index in [4.69, 9.17) is 9.47 Å². The molecule has 2 aromatic rings. The molecule has 0 saturated carbocycles. The van der Waals surface area contributed by atoms with Gasteiger partial charge in [0, 0.05) is 6.07 Å². The Bertz CT molecular complexity index is 1100. The molecule has 1 unspecified atom stereocenters. The minimum atomic E-state index is -4.22. The number of hydrogen-bond acceptors (Lipinski definition) is 8. The number of urea groups is 1. The zero-order valence-electron chi connectivity index (χ0n) is 20.0. The SMILES string of the molecule is COc1cc(C(C)C)c(NC(=O)NS(=O)(=O)c2cnn3c2OCC(N(C)C)C3)c(C(C)C)n1. The number of nitrogens with one attached hydrogen (secondary N) is 2. The van der Waals surface area contributed by atoms with Gasteiger partial charge < -0.3 is 19.7 Å². The first-order chi connectivity index (χ1) is 15.4. The second-order valence-electron chi connectivity index (χ2n) is 8.81. The maximum Gasteiger partial charge on any atom is 0.333 e. The van der Waals surface area contributed by atoms with Crippen LogP contribution in [0.2, 0.25) is 0 Å². The lowest BCUT2D eigenvalue weighted by atomic mass is 9.97. The molecule has 1 atom stereocenters. The quantitative estimate of drug-likeness (QED) is 0.618. The Morgan fingerprint density at radius 1 is 1.27 bits per heavy atom. The summed E-state index contributed by atoms with van der Waals surface area (Å²) in [4.78, 5) is 19.1. The molecular weight excluding hydrogens is 448 g/mol. The van der Waals surface area contributed by atoms with Crippen molar-refractivity contribution < 1.29 is 22.7 Å². The summed E-state index contributed by atoms with van der Waals surface area (Å²) in [5.41, 5.74) is 1.86. The molecule has 0 aromatic carbocycles. The molecule has 0 aliphatic carbocycles. The van der Waals surface area contributed by atoms with Crippen LogP contribution in [0.3, 0.4) is 0 Å². The fourth-order valence-electron chi connectivity index (χ4n) is 3.55. The minimum Gasteiger partial charge on any atom is -0.481 e. The summed E-state index contributed by atoms with van der Waals surface area (Å²) >= 11 is 0. The van der Waals surface area contributed by atoms with E-state index >= 15 is 0 Å². The van der Waals surface area contributed by atoms with Gasteiger partial charge in [-0.15, -0.1) is 0 Å². The summed E-state index contributed by atoms with van der Waals surface area (Å²) in [6, 6.07) is 0.910. The number of rotatable bonds is 7. The third-order valence-corrected chi connectivity index (χ3v) is 6.79. The van der Waals surface area contributed by atoms with E-state index in [9.17, 15) is 13.2 Å². The first-order valence-electron chi connectivity index (χ1n) is 10.7. The van der Waals surface area contributed by atoms with E-state index in [-0.39, 0.29) is 28.7 Å². The van der Waals surface area contributed by atoms with Crippen LogP contribution in [-0.2, 0) is 16.6 Å². The van der Waals surface area contributed by atoms with E-state index < -0.39 is 16.1 Å². The van der Waals surface area contributed by atoms with Gasteiger partial charge in [-0.3, -0.25) is 0 Å². The molecule has 0 fully saturated rings. The predicted molar refractivity (Wildman–Crippen MR) is 124 cm³/mol. The molecule has 3 rings (SSSR count). The molecule has 182 valence electrons. The van der Waals surface area contributed by atoms with Crippen LogP contribution in [0.25, 0.3) is 0 Å². The van der Waals surface area contributed by atoms with Crippen molar-refractivity contribution in [2.45, 2.75) is 57.0 Å². The van der Waals surface area contributed by atoms with Crippen LogP contribution >= 0.6 is 0 Å². The number of sulfonamides is 1. The molecule has 0 saturated heterocycles. The Labute approximate surface area is 194 Å². The van der Waals surface area contributed by atoms with Crippen LogP contribution in [0, 0.1) is 0 Å². The first-order valence-corrected chi connectivity index (χ1v) is 12.2. The van der Waals surface area contributed by atoms with E-state index in [1.807, 2.05) is 46.7 Å². The minimum absolute atomic E-state index is 0.0343. The Kier molecular flexibility index (Phi) is 7.17. The highest BCUT2D eigenvalue weighted by molar-refractivity contribution is 7.90. The second kappa shape index (κ2) is 9.56. The Morgan fingerprint density at radius 2 is 1.97 bits per heavy atom. The van der Waals surface area contributed by atoms with Crippen molar-refractivity contribution in [3.05, 3.63) is 23.5 Å². The molecule has 0 spiro atoms. The van der Waals surface area contributed by atoms with E-state index in [0.717, 1.165) is 5.56 Å². The third kappa shape index (κ3) is 5.22. The topological polar surface area (TPSA) is 128 Å². The van der Waals surface area contributed by atoms with Gasteiger partial charge in [0.1, 0.15) is 6.61 Å². The van der Waals surface area contributed by atoms with E-state index in [0.29, 0.717) is 30.4 Å². The fraction of sp³-hybridized carbons (Fsp3) is 0.571. The Balaban J connectivity index is 1.86. The molecule has 1 aliphatic heterocycles. The van der Waals surface area contributed by atoms with Crippen LogP contribution < -0.4 is 19.5 Å². The standard InChI is InChI=1S/C21H32N6O5S/c1-12(2)15-8-17(31-7)23-18(13(3)4)19(15)24-21(28)25-33(29,30)16-9-22-27-10-14(26(5)6)11-32-20(16)27/h8-9,12-14H,10-11H2,1-7H3,(H2,24,25,28). The molecule has 0 radical (unpaired) electrons. The number of methoxy groups -OCH3 is 1. The smallest absolute Gasteiger partial charge is 0.333 e. The van der Waals surface area contributed by atoms with Crippen molar-refractivity contribution in [3.63, 3.8) is 0 Å². The molecule has 2 aromatic heterocycles. The highest BCUT2D eigenvalue weighted by Gasteiger charge is 2.32. The highest BCUT2D eigenvalue weighted by Crippen LogP contribution is 2.34. The lowest BCUT2D eigenvalue weighted by Crippen LogP contribution is -2.41. The number of fused-ring (bicyclic) bond motifs is 1. The number of carbonyl (C=O) groups is 1. The summed E-state index contributed by atoms with van der Waals surface area (Å²) in [6.45, 7) is 8.61. The lowest BCUT2D eigenvalue weighted by Gasteiger charge is -2.29. The van der Waals surface area contributed by atoms with E-state index in [2.05, 4.69) is 20.1 Å². The number of nitrogens with zero attached hydrogens (tertiary/aromatic N) is 4. The van der Waals surface area contributed by atoms with Gasteiger partial charge in [-0.25, -0.2) is 27.6 Å². The number of amides is 2. The summed E-state index contributed by atoms with van der Waals surface area (Å²) in [5.74, 6) is 0.545. The van der Waals surface area contributed by atoms with Gasteiger partial charge in [0.05, 0.1) is 37.3 Å². The van der Waals surface area contributed by atoms with E-state index in [1.54, 1.807) is 6.07 Å². The van der Waals surface area contributed by atoms with Gasteiger partial charge in [-0.1, -0.05) is 27.7 Å². The van der Waals surface area contributed by atoms with Gasteiger partial charge in [0.25, 0.3) is 10.0 Å². The average molecular weight is 481 g/mol. The summed E-state index contributed by atoms with van der Waals surface area (Å²) in [7, 11) is 1.13. The summed E-state index contributed by atoms with van der Waals surface area (Å²) in [6.07, 6.45) is 1.19. The van der Waals surface area contributed by atoms with Gasteiger partial charge in [-0.2, -0.15) is 5.10 Å². The monoisotopic (exact) mass is 480 g/mol. The highest BCUT2D eigenvalue weighted by atomic mass is 32.2. The fourth-order valence-corrected chi connectivity index (χ4v) is 4.53. The number of carbonyl (C=O) groups excluding carboxylic acids is 1. The molecular formula is C21H32N6O5S. The lowest BCUT2D eigenvalue weighted by molar-refractivity contribution is 0.117. The summed E-state index contributed by atoms with van der Waals surface area (Å²) < 4.78 is 40.5. The van der Waals surface area contributed by atoms with Crippen LogP contribution in [0.4, 0.5) is 10.5 Å². The average Bonchev–Trinajstić information content (AvgIpc) is 3.17. The molecule has 33 heavy (non-hydrogen) atoms. The molecule has 2 N–H and O–H groups in total. The molecule has 3 heterocycles. The number of pyridine rings is 1. The van der Waals surface area contributed by atoms with Gasteiger partial charge in [0.15, 0.2) is 4.90 Å². The predicted octanol–water partition coefficient (Wildman–Crippen LogP) is 2.37.